The molecule has 0 atom stereocenters. The van der Waals surface area contributed by atoms with E-state index in [9.17, 15) is 0 Å². The van der Waals surface area contributed by atoms with Crippen LogP contribution in [0.2, 0.25) is 0 Å². The van der Waals surface area contributed by atoms with E-state index >= 15 is 0 Å². The predicted octanol–water partition coefficient (Wildman–Crippen LogP) is 12.3. The van der Waals surface area contributed by atoms with E-state index in [1.54, 1.807) is 0 Å². The van der Waals surface area contributed by atoms with Crippen LogP contribution in [0, 0.1) is 0 Å². The minimum Gasteiger partial charge on any atom is -0.0622 e. The Labute approximate surface area is 258 Å². The molecule has 0 heteroatoms. The van der Waals surface area contributed by atoms with E-state index in [2.05, 4.69) is 182 Å². The van der Waals surface area contributed by atoms with Crippen LogP contribution >= 0.6 is 0 Å². The van der Waals surface area contributed by atoms with Crippen LogP contribution in [0.4, 0.5) is 0 Å². The van der Waals surface area contributed by atoms with Crippen molar-refractivity contribution in [2.75, 3.05) is 0 Å². The van der Waals surface area contributed by atoms with E-state index in [1.807, 2.05) is 0 Å². The zero-order valence-electron chi connectivity index (χ0n) is 24.3. The topological polar surface area (TPSA) is 0 Å². The average molecular weight is 559 g/mol. The molecule has 0 N–H and O–H groups in total. The van der Waals surface area contributed by atoms with Gasteiger partial charge in [-0.1, -0.05) is 170 Å². The largest absolute Gasteiger partial charge is 0.0622 e. The minimum atomic E-state index is 1.20. The van der Waals surface area contributed by atoms with Crippen LogP contribution in [-0.4, -0.2) is 0 Å². The molecule has 0 aromatic heterocycles. The second-order valence-electron chi connectivity index (χ2n) is 11.3. The van der Waals surface area contributed by atoms with Gasteiger partial charge in [-0.25, -0.2) is 0 Å². The number of fused-ring (bicyclic) bond motifs is 2. The molecule has 8 aromatic carbocycles. The highest BCUT2D eigenvalue weighted by molar-refractivity contribution is 6.18. The first-order valence-electron chi connectivity index (χ1n) is 15.2. The fourth-order valence-corrected chi connectivity index (χ4v) is 6.73. The van der Waals surface area contributed by atoms with Crippen LogP contribution in [0.5, 0.6) is 0 Å². The lowest BCUT2D eigenvalue weighted by molar-refractivity contribution is 1.54. The maximum absolute atomic E-state index is 2.46. The molecule has 0 aliphatic heterocycles. The second-order valence-corrected chi connectivity index (χ2v) is 11.3. The fourth-order valence-electron chi connectivity index (χ4n) is 6.73. The van der Waals surface area contributed by atoms with Crippen LogP contribution in [0.15, 0.2) is 182 Å². The third-order valence-corrected chi connectivity index (χ3v) is 8.64. The third kappa shape index (κ3) is 4.49. The monoisotopic (exact) mass is 558 g/mol. The second kappa shape index (κ2) is 11.2. The van der Waals surface area contributed by atoms with Crippen molar-refractivity contribution in [3.05, 3.63) is 182 Å². The summed E-state index contributed by atoms with van der Waals surface area (Å²) >= 11 is 0. The molecule has 0 fully saturated rings. The molecule has 0 radical (unpaired) electrons. The van der Waals surface area contributed by atoms with Gasteiger partial charge in [0.2, 0.25) is 0 Å². The Balaban J connectivity index is 1.65. The quantitative estimate of drug-likeness (QED) is 0.184. The van der Waals surface area contributed by atoms with E-state index in [0.29, 0.717) is 0 Å². The standard InChI is InChI=1S/C44H30/c1-5-17-31(18-6-1)39-30-40(44-37-27-15-13-25-35(37)29-36-26-14-16-28-38(36)44)42(33-21-9-3-10-22-33)43(34-23-11-4-12-24-34)41(39)32-19-7-2-8-20-32/h1-30H. The first kappa shape index (κ1) is 25.9. The molecular formula is C44H30. The number of hydrogen-bond donors (Lipinski definition) is 0. The number of hydrogen-bond acceptors (Lipinski definition) is 0. The highest BCUT2D eigenvalue weighted by Crippen LogP contribution is 2.52. The van der Waals surface area contributed by atoms with Crippen molar-refractivity contribution in [3.8, 4) is 55.6 Å². The molecule has 0 nitrogen and oxygen atoms in total. The molecule has 0 amide bonds. The summed E-state index contributed by atoms with van der Waals surface area (Å²) in [5.74, 6) is 0. The van der Waals surface area contributed by atoms with Crippen molar-refractivity contribution < 1.29 is 0 Å². The van der Waals surface area contributed by atoms with Gasteiger partial charge in [-0.15, -0.1) is 0 Å². The fraction of sp³-hybridized carbons (Fsp3) is 0. The molecule has 0 spiro atoms. The van der Waals surface area contributed by atoms with Crippen molar-refractivity contribution in [1.82, 2.24) is 0 Å². The summed E-state index contributed by atoms with van der Waals surface area (Å²) in [7, 11) is 0. The summed E-state index contributed by atoms with van der Waals surface area (Å²) < 4.78 is 0. The lowest BCUT2D eigenvalue weighted by Crippen LogP contribution is -1.99. The smallest absolute Gasteiger partial charge is 0.00143 e. The lowest BCUT2D eigenvalue weighted by atomic mass is 9.77. The highest BCUT2D eigenvalue weighted by Gasteiger charge is 2.25. The molecular weight excluding hydrogens is 528 g/mol. The molecule has 0 bridgehead atoms. The van der Waals surface area contributed by atoms with Crippen LogP contribution < -0.4 is 0 Å². The Bertz CT molecular complexity index is 2180. The molecule has 0 saturated heterocycles. The third-order valence-electron chi connectivity index (χ3n) is 8.64. The Morgan fingerprint density at radius 2 is 0.591 bits per heavy atom. The summed E-state index contributed by atoms with van der Waals surface area (Å²) in [5, 5.41) is 5.01. The van der Waals surface area contributed by atoms with Gasteiger partial charge in [0.15, 0.2) is 0 Å². The van der Waals surface area contributed by atoms with Gasteiger partial charge < -0.3 is 0 Å². The molecule has 0 saturated carbocycles. The Morgan fingerprint density at radius 1 is 0.227 bits per heavy atom. The van der Waals surface area contributed by atoms with Gasteiger partial charge in [-0.05, 0) is 89.3 Å². The summed E-state index contributed by atoms with van der Waals surface area (Å²) in [6.45, 7) is 0. The number of benzene rings is 8. The summed E-state index contributed by atoms with van der Waals surface area (Å²) in [4.78, 5) is 0. The zero-order chi connectivity index (χ0) is 29.3. The van der Waals surface area contributed by atoms with Gasteiger partial charge >= 0.3 is 0 Å². The Morgan fingerprint density at radius 3 is 1.07 bits per heavy atom. The maximum Gasteiger partial charge on any atom is -0.00143 e. The van der Waals surface area contributed by atoms with Crippen molar-refractivity contribution in [1.29, 1.82) is 0 Å². The molecule has 206 valence electrons. The van der Waals surface area contributed by atoms with Gasteiger partial charge in [-0.3, -0.25) is 0 Å². The lowest BCUT2D eigenvalue weighted by Gasteiger charge is -2.25. The van der Waals surface area contributed by atoms with Crippen LogP contribution in [-0.2, 0) is 0 Å². The van der Waals surface area contributed by atoms with E-state index in [-0.39, 0.29) is 0 Å². The minimum absolute atomic E-state index is 1.20. The van der Waals surface area contributed by atoms with Crippen molar-refractivity contribution in [3.63, 3.8) is 0 Å². The SMILES string of the molecule is c1ccc(-c2cc(-c3c4ccccc4cc4ccccc34)c(-c3ccccc3)c(-c3ccccc3)c2-c2ccccc2)cc1. The van der Waals surface area contributed by atoms with Crippen molar-refractivity contribution >= 4 is 21.5 Å². The highest BCUT2D eigenvalue weighted by atomic mass is 14.3. The zero-order valence-corrected chi connectivity index (χ0v) is 24.3. The van der Waals surface area contributed by atoms with Crippen LogP contribution in [0.25, 0.3) is 77.2 Å². The van der Waals surface area contributed by atoms with Gasteiger partial charge in [0, 0.05) is 0 Å². The number of rotatable bonds is 5. The Kier molecular flexibility index (Phi) is 6.59. The molecule has 0 aliphatic rings. The van der Waals surface area contributed by atoms with Gasteiger partial charge in [0.25, 0.3) is 0 Å². The predicted molar refractivity (Wildman–Crippen MR) is 189 cm³/mol. The van der Waals surface area contributed by atoms with Gasteiger partial charge in [0.1, 0.15) is 0 Å². The van der Waals surface area contributed by atoms with E-state index < -0.39 is 0 Å². The average Bonchev–Trinajstić information content (AvgIpc) is 3.11. The van der Waals surface area contributed by atoms with Crippen molar-refractivity contribution in [2.24, 2.45) is 0 Å². The summed E-state index contributed by atoms with van der Waals surface area (Å²) in [6, 6.07) is 66.0. The molecule has 8 rings (SSSR count). The molecule has 0 heterocycles. The first-order valence-corrected chi connectivity index (χ1v) is 15.2. The van der Waals surface area contributed by atoms with E-state index in [1.165, 1.54) is 77.2 Å². The Hall–Kier alpha value is -5.72. The summed E-state index contributed by atoms with van der Waals surface area (Å²) in [5.41, 5.74) is 12.3. The molecule has 0 unspecified atom stereocenters. The maximum atomic E-state index is 2.46. The normalized spacial score (nSPS) is 11.2. The summed E-state index contributed by atoms with van der Waals surface area (Å²) in [6.07, 6.45) is 0. The molecule has 8 aromatic rings. The van der Waals surface area contributed by atoms with E-state index in [0.717, 1.165) is 0 Å². The molecule has 0 aliphatic carbocycles. The van der Waals surface area contributed by atoms with Crippen LogP contribution in [0.1, 0.15) is 0 Å². The van der Waals surface area contributed by atoms with E-state index in [4.69, 9.17) is 0 Å². The van der Waals surface area contributed by atoms with Crippen LogP contribution in [0.3, 0.4) is 0 Å². The van der Waals surface area contributed by atoms with Crippen molar-refractivity contribution in [2.45, 2.75) is 0 Å². The molecule has 44 heavy (non-hydrogen) atoms. The first-order chi connectivity index (χ1) is 21.9. The van der Waals surface area contributed by atoms with Gasteiger partial charge in [-0.2, -0.15) is 0 Å². The van der Waals surface area contributed by atoms with Gasteiger partial charge in [0.05, 0.1) is 0 Å².